The zero-order valence-electron chi connectivity index (χ0n) is 30.7. The van der Waals surface area contributed by atoms with Crippen molar-refractivity contribution >= 4 is 23.3 Å². The third kappa shape index (κ3) is 7.51. The predicted molar refractivity (Wildman–Crippen MR) is 209 cm³/mol. The van der Waals surface area contributed by atoms with Gasteiger partial charge in [-0.2, -0.15) is 0 Å². The summed E-state index contributed by atoms with van der Waals surface area (Å²) in [5, 5.41) is 12.9. The SMILES string of the molecule is C=C1CCC(N2Cc3cc(N4CCN(CC(=O)CCCOc5ccc([C@@H]6c7ccc(O)cc7CC[C@@H]6c6ccccc6)cc5)CC4)ccc3C2=O)C(=O)N1. The molecule has 2 amide bonds. The molecule has 0 bridgehead atoms. The number of aromatic hydroxyl groups is 1. The number of nitrogens with one attached hydrogen (secondary N) is 1. The van der Waals surface area contributed by atoms with E-state index >= 15 is 0 Å². The minimum absolute atomic E-state index is 0.0858. The Hall–Kier alpha value is -5.41. The van der Waals surface area contributed by atoms with Crippen LogP contribution in [-0.4, -0.2) is 77.9 Å². The summed E-state index contributed by atoms with van der Waals surface area (Å²) in [5.74, 6) is 1.64. The van der Waals surface area contributed by atoms with Gasteiger partial charge in [0.15, 0.2) is 0 Å². The fourth-order valence-electron chi connectivity index (χ4n) is 8.84. The molecule has 2 N–H and O–H groups in total. The Labute approximate surface area is 317 Å². The molecule has 0 spiro atoms. The minimum Gasteiger partial charge on any atom is -0.508 e. The molecule has 1 aliphatic carbocycles. The molecule has 8 rings (SSSR count). The van der Waals surface area contributed by atoms with Gasteiger partial charge in [0.25, 0.3) is 5.91 Å². The first-order valence-electron chi connectivity index (χ1n) is 19.3. The number of carbonyl (C=O) groups excluding carboxylic acids is 3. The highest BCUT2D eigenvalue weighted by atomic mass is 16.5. The van der Waals surface area contributed by atoms with E-state index in [4.69, 9.17) is 4.74 Å². The van der Waals surface area contributed by atoms with Gasteiger partial charge in [0.1, 0.15) is 23.3 Å². The number of ketones is 1. The monoisotopic (exact) mass is 724 g/mol. The van der Waals surface area contributed by atoms with Crippen LogP contribution in [0.15, 0.2) is 103 Å². The zero-order valence-corrected chi connectivity index (χ0v) is 30.7. The van der Waals surface area contributed by atoms with Crippen LogP contribution in [0.25, 0.3) is 0 Å². The summed E-state index contributed by atoms with van der Waals surface area (Å²) in [6, 6.07) is 30.4. The fourth-order valence-corrected chi connectivity index (χ4v) is 8.84. The first-order chi connectivity index (χ1) is 26.3. The van der Waals surface area contributed by atoms with Crippen LogP contribution in [0.2, 0.25) is 0 Å². The first-order valence-corrected chi connectivity index (χ1v) is 19.3. The molecule has 278 valence electrons. The maximum Gasteiger partial charge on any atom is 0.255 e. The minimum atomic E-state index is -0.463. The topological polar surface area (TPSA) is 102 Å². The van der Waals surface area contributed by atoms with Gasteiger partial charge in [-0.3, -0.25) is 19.3 Å². The Morgan fingerprint density at radius 2 is 1.65 bits per heavy atom. The van der Waals surface area contributed by atoms with Crippen molar-refractivity contribution in [2.45, 2.75) is 62.9 Å². The van der Waals surface area contributed by atoms with Gasteiger partial charge in [-0.1, -0.05) is 55.1 Å². The number of phenolic OH excluding ortho intramolecular Hbond substituents is 1. The molecule has 3 heterocycles. The lowest BCUT2D eigenvalue weighted by atomic mass is 9.69. The average Bonchev–Trinajstić information content (AvgIpc) is 3.51. The van der Waals surface area contributed by atoms with Crippen molar-refractivity contribution in [3.63, 3.8) is 0 Å². The van der Waals surface area contributed by atoms with E-state index in [1.807, 2.05) is 30.3 Å². The summed E-state index contributed by atoms with van der Waals surface area (Å²) in [4.78, 5) is 44.9. The number of nitrogens with zero attached hydrogens (tertiary/aromatic N) is 3. The summed E-state index contributed by atoms with van der Waals surface area (Å²) >= 11 is 0. The number of aryl methyl sites for hydroxylation is 1. The van der Waals surface area contributed by atoms with Crippen LogP contribution >= 0.6 is 0 Å². The maximum atomic E-state index is 13.1. The van der Waals surface area contributed by atoms with Crippen LogP contribution in [0, 0.1) is 0 Å². The molecule has 3 aliphatic heterocycles. The average molecular weight is 725 g/mol. The molecule has 4 aromatic carbocycles. The molecular weight excluding hydrogens is 677 g/mol. The van der Waals surface area contributed by atoms with Crippen molar-refractivity contribution in [1.82, 2.24) is 15.1 Å². The van der Waals surface area contributed by atoms with Crippen LogP contribution in [0.5, 0.6) is 11.5 Å². The number of fused-ring (bicyclic) bond motifs is 2. The van der Waals surface area contributed by atoms with Crippen molar-refractivity contribution in [1.29, 1.82) is 0 Å². The summed E-state index contributed by atoms with van der Waals surface area (Å²) in [7, 11) is 0. The van der Waals surface area contributed by atoms with Gasteiger partial charge < -0.3 is 25.0 Å². The number of carbonyl (C=O) groups is 3. The molecule has 0 aromatic heterocycles. The van der Waals surface area contributed by atoms with Crippen molar-refractivity contribution in [2.75, 3.05) is 44.2 Å². The molecule has 2 saturated heterocycles. The van der Waals surface area contributed by atoms with E-state index < -0.39 is 6.04 Å². The fraction of sp³-hybridized carbons (Fsp3) is 0.356. The van der Waals surface area contributed by atoms with Gasteiger partial charge in [0, 0.05) is 62.0 Å². The lowest BCUT2D eigenvalue weighted by Gasteiger charge is -2.36. The Kier molecular flexibility index (Phi) is 10.2. The van der Waals surface area contributed by atoms with Gasteiger partial charge in [-0.15, -0.1) is 0 Å². The molecule has 3 atom stereocenters. The molecule has 9 nitrogen and oxygen atoms in total. The number of hydrogen-bond donors (Lipinski definition) is 2. The van der Waals surface area contributed by atoms with Gasteiger partial charge in [-0.05, 0) is 108 Å². The number of phenols is 1. The van der Waals surface area contributed by atoms with E-state index in [0.29, 0.717) is 68.3 Å². The number of anilines is 1. The van der Waals surface area contributed by atoms with Crippen molar-refractivity contribution in [2.24, 2.45) is 0 Å². The van der Waals surface area contributed by atoms with E-state index in [1.54, 1.807) is 11.0 Å². The number of amides is 2. The second-order valence-corrected chi connectivity index (χ2v) is 15.2. The molecule has 0 saturated carbocycles. The molecule has 1 unspecified atom stereocenters. The number of rotatable bonds is 11. The zero-order chi connectivity index (χ0) is 37.2. The first kappa shape index (κ1) is 35.6. The second kappa shape index (κ2) is 15.5. The maximum absolute atomic E-state index is 13.1. The summed E-state index contributed by atoms with van der Waals surface area (Å²) < 4.78 is 6.08. The van der Waals surface area contributed by atoms with Crippen molar-refractivity contribution < 1.29 is 24.2 Å². The second-order valence-electron chi connectivity index (χ2n) is 15.2. The molecule has 54 heavy (non-hydrogen) atoms. The predicted octanol–water partition coefficient (Wildman–Crippen LogP) is 6.55. The van der Waals surface area contributed by atoms with E-state index in [1.165, 1.54) is 22.3 Å². The number of piperazine rings is 1. The number of hydrogen-bond acceptors (Lipinski definition) is 7. The largest absolute Gasteiger partial charge is 0.508 e. The van der Waals surface area contributed by atoms with Crippen LogP contribution in [0.4, 0.5) is 5.69 Å². The number of Topliss-reactive ketones (excluding diaryl/α,β-unsaturated/α-hetero) is 1. The quantitative estimate of drug-likeness (QED) is 0.169. The Morgan fingerprint density at radius 1 is 0.852 bits per heavy atom. The molecule has 0 radical (unpaired) electrons. The van der Waals surface area contributed by atoms with Gasteiger partial charge in [-0.25, -0.2) is 0 Å². The third-order valence-electron chi connectivity index (χ3n) is 11.7. The summed E-state index contributed by atoms with van der Waals surface area (Å²) in [5.41, 5.74) is 8.45. The van der Waals surface area contributed by atoms with Crippen molar-refractivity contribution in [3.8, 4) is 11.5 Å². The molecule has 4 aromatic rings. The molecule has 4 aliphatic rings. The van der Waals surface area contributed by atoms with Crippen LogP contribution in [-0.2, 0) is 22.6 Å². The summed E-state index contributed by atoms with van der Waals surface area (Å²) in [6.07, 6.45) is 4.38. The highest BCUT2D eigenvalue weighted by Gasteiger charge is 2.38. The highest BCUT2D eigenvalue weighted by molar-refractivity contribution is 6.01. The lowest BCUT2D eigenvalue weighted by Crippen LogP contribution is -2.49. The van der Waals surface area contributed by atoms with Gasteiger partial charge >= 0.3 is 0 Å². The van der Waals surface area contributed by atoms with E-state index in [2.05, 4.69) is 76.3 Å². The standard InChI is InChI=1S/C45H48N4O5/c1-30-9-20-42(44(52)46-30)49-28-34-26-35(13-18-41(34)45(49)53)48-23-21-47(22-24-48)29-37(51)8-5-25-54-38-15-10-32(11-16-38)43-39(31-6-3-2-4-7-31)17-12-33-27-36(50)14-19-40(33)43/h2-4,6-7,10-11,13-16,18-19,26-27,39,42-43,50H,1,5,8-9,12,17,20-25,28-29H2,(H,46,52)/t39-,42?,43+/m1/s1. The van der Waals surface area contributed by atoms with E-state index in [0.717, 1.165) is 56.0 Å². The molecule has 9 heteroatoms. The number of piperidine rings is 1. The van der Waals surface area contributed by atoms with E-state index in [9.17, 15) is 19.5 Å². The highest BCUT2D eigenvalue weighted by Crippen LogP contribution is 2.47. The van der Waals surface area contributed by atoms with Crippen LogP contribution in [0.3, 0.4) is 0 Å². The number of benzene rings is 4. The molecular formula is C45H48N4O5. The molecule has 2 fully saturated rings. The van der Waals surface area contributed by atoms with Gasteiger partial charge in [0.05, 0.1) is 13.2 Å². The van der Waals surface area contributed by atoms with E-state index in [-0.39, 0.29) is 23.5 Å². The normalized spacial score (nSPS) is 21.4. The smallest absolute Gasteiger partial charge is 0.255 e. The Balaban J connectivity index is 0.791. The third-order valence-corrected chi connectivity index (χ3v) is 11.7. The summed E-state index contributed by atoms with van der Waals surface area (Å²) in [6.45, 7) is 8.40. The number of ether oxygens (including phenoxy) is 1. The van der Waals surface area contributed by atoms with Crippen LogP contribution in [0.1, 0.15) is 82.1 Å². The van der Waals surface area contributed by atoms with Gasteiger partial charge in [0.2, 0.25) is 5.91 Å². The lowest BCUT2D eigenvalue weighted by molar-refractivity contribution is -0.126. The van der Waals surface area contributed by atoms with Crippen LogP contribution < -0.4 is 15.0 Å². The van der Waals surface area contributed by atoms with Crippen molar-refractivity contribution in [3.05, 3.63) is 137 Å². The number of allylic oxidation sites excluding steroid dienone is 1. The Bertz CT molecular complexity index is 2040. The Morgan fingerprint density at radius 3 is 2.43 bits per heavy atom.